The second-order valence-electron chi connectivity index (χ2n) is 10.5. The van der Waals surface area contributed by atoms with Gasteiger partial charge in [0.05, 0.1) is 31.6 Å². The van der Waals surface area contributed by atoms with E-state index in [-0.39, 0.29) is 18.1 Å². The third kappa shape index (κ3) is 5.96. The lowest BCUT2D eigenvalue weighted by molar-refractivity contribution is 0.0946. The maximum absolute atomic E-state index is 13.5. The quantitative estimate of drug-likeness (QED) is 0.210. The van der Waals surface area contributed by atoms with E-state index in [4.69, 9.17) is 29.3 Å². The molecule has 0 saturated carbocycles. The number of ether oxygens (including phenoxy) is 3. The number of amides is 1. The molecule has 6 aromatic rings. The Morgan fingerprint density at radius 2 is 1.83 bits per heavy atom. The normalized spacial score (nSPS) is 11.1. The minimum absolute atomic E-state index is 0.222. The summed E-state index contributed by atoms with van der Waals surface area (Å²) >= 11 is 0. The Hall–Kier alpha value is -5.78. The molecule has 4 heterocycles. The second-order valence-corrected chi connectivity index (χ2v) is 10.5. The molecule has 0 bridgehead atoms. The Balaban J connectivity index is 1.35. The lowest BCUT2D eigenvalue weighted by Gasteiger charge is -2.12. The number of hydrogen-bond acceptors (Lipinski definition) is 9. The van der Waals surface area contributed by atoms with E-state index >= 15 is 0 Å². The van der Waals surface area contributed by atoms with Crippen LogP contribution in [-0.2, 0) is 26.7 Å². The number of hydrogen-bond donors (Lipinski definition) is 1. The Morgan fingerprint density at radius 1 is 1.00 bits per heavy atom. The van der Waals surface area contributed by atoms with Crippen LogP contribution in [0.1, 0.15) is 34.2 Å². The molecule has 0 aliphatic carbocycles. The average Bonchev–Trinajstić information content (AvgIpc) is 3.64. The second kappa shape index (κ2) is 13.1. The molecule has 0 spiro atoms. The zero-order chi connectivity index (χ0) is 32.2. The largest absolute Gasteiger partial charge is 0.497 e. The van der Waals surface area contributed by atoms with Crippen LogP contribution in [-0.4, -0.2) is 54.6 Å². The van der Waals surface area contributed by atoms with Crippen molar-refractivity contribution in [3.8, 4) is 40.2 Å². The maximum atomic E-state index is 13.5. The molecule has 6 rings (SSSR count). The van der Waals surface area contributed by atoms with Gasteiger partial charge in [0, 0.05) is 43.4 Å². The first-order valence-corrected chi connectivity index (χ1v) is 14.8. The van der Waals surface area contributed by atoms with E-state index in [0.717, 1.165) is 27.7 Å². The molecule has 1 N–H and O–H groups in total. The van der Waals surface area contributed by atoms with Crippen molar-refractivity contribution in [3.63, 3.8) is 0 Å². The summed E-state index contributed by atoms with van der Waals surface area (Å²) in [5, 5.41) is 12.8. The summed E-state index contributed by atoms with van der Waals surface area (Å²) in [6, 6.07) is 18.9. The predicted molar refractivity (Wildman–Crippen MR) is 173 cm³/mol. The highest BCUT2D eigenvalue weighted by Crippen LogP contribution is 2.34. The van der Waals surface area contributed by atoms with Crippen LogP contribution in [0.5, 0.6) is 17.2 Å². The highest BCUT2D eigenvalue weighted by molar-refractivity contribution is 6.00. The molecule has 1 amide bonds. The Labute approximate surface area is 266 Å². The number of carbonyl (C=O) groups excluding carboxylic acids is 1. The molecule has 12 heteroatoms. The van der Waals surface area contributed by atoms with Crippen molar-refractivity contribution < 1.29 is 19.0 Å². The Kier molecular flexibility index (Phi) is 8.59. The van der Waals surface area contributed by atoms with E-state index in [1.54, 1.807) is 49.5 Å². The summed E-state index contributed by atoms with van der Waals surface area (Å²) in [7, 11) is 4.99. The Morgan fingerprint density at radius 3 is 2.59 bits per heavy atom. The monoisotopic (exact) mass is 618 g/mol. The number of aromatic nitrogens is 7. The average molecular weight is 619 g/mol. The molecule has 234 valence electrons. The third-order valence-electron chi connectivity index (χ3n) is 7.62. The third-order valence-corrected chi connectivity index (χ3v) is 7.62. The van der Waals surface area contributed by atoms with Gasteiger partial charge in [0.15, 0.2) is 11.6 Å². The number of benzene rings is 2. The van der Waals surface area contributed by atoms with Crippen LogP contribution < -0.4 is 19.5 Å². The van der Waals surface area contributed by atoms with Gasteiger partial charge in [-0.15, -0.1) is 0 Å². The molecule has 2 aromatic carbocycles. The van der Waals surface area contributed by atoms with Crippen LogP contribution in [0.2, 0.25) is 0 Å². The van der Waals surface area contributed by atoms with Gasteiger partial charge in [-0.25, -0.2) is 15.0 Å². The molecule has 0 radical (unpaired) electrons. The summed E-state index contributed by atoms with van der Waals surface area (Å²) in [5.74, 6) is 1.97. The summed E-state index contributed by atoms with van der Waals surface area (Å²) < 4.78 is 20.6. The summed E-state index contributed by atoms with van der Waals surface area (Å²) in [6.07, 6.45) is 3.39. The van der Waals surface area contributed by atoms with E-state index in [9.17, 15) is 4.79 Å². The number of rotatable bonds is 11. The summed E-state index contributed by atoms with van der Waals surface area (Å²) in [6.45, 7) is 5.12. The lowest BCUT2D eigenvalue weighted by Crippen LogP contribution is -2.24. The van der Waals surface area contributed by atoms with E-state index in [1.165, 1.54) is 0 Å². The molecule has 12 nitrogen and oxygen atoms in total. The van der Waals surface area contributed by atoms with Gasteiger partial charge in [-0.3, -0.25) is 14.2 Å². The van der Waals surface area contributed by atoms with Crippen molar-refractivity contribution >= 4 is 16.8 Å². The van der Waals surface area contributed by atoms with Crippen molar-refractivity contribution in [2.24, 2.45) is 7.05 Å². The van der Waals surface area contributed by atoms with Gasteiger partial charge in [-0.2, -0.15) is 10.2 Å². The van der Waals surface area contributed by atoms with Gasteiger partial charge >= 0.3 is 0 Å². The number of fused-ring (bicyclic) bond motifs is 1. The van der Waals surface area contributed by atoms with E-state index in [0.29, 0.717) is 53.3 Å². The van der Waals surface area contributed by atoms with Crippen molar-refractivity contribution in [2.75, 3.05) is 14.2 Å². The first-order valence-electron chi connectivity index (χ1n) is 14.8. The van der Waals surface area contributed by atoms with Crippen LogP contribution in [0, 0.1) is 6.92 Å². The molecular weight excluding hydrogens is 584 g/mol. The van der Waals surface area contributed by atoms with E-state index < -0.39 is 0 Å². The van der Waals surface area contributed by atoms with Gasteiger partial charge in [0.25, 0.3) is 5.91 Å². The fourth-order valence-electron chi connectivity index (χ4n) is 5.24. The fourth-order valence-corrected chi connectivity index (χ4v) is 5.24. The standard InChI is InChI=1S/C34H34N8O4/c1-6-42-31(32(21(2)40-42)46-20-22-10-8-7-9-11-22)33-35-15-14-26(39-33)30-25-19-37-41(3)28(25)17-27(38-30)34(43)36-18-23-12-13-24(44-4)16-29(23)45-5/h7-17,19H,6,18,20H2,1-5H3,(H,36,43). The molecule has 0 aliphatic heterocycles. The molecular formula is C34H34N8O4. The lowest BCUT2D eigenvalue weighted by atomic mass is 10.1. The number of aryl methyl sites for hydroxylation is 3. The van der Waals surface area contributed by atoms with Gasteiger partial charge in [-0.1, -0.05) is 30.3 Å². The van der Waals surface area contributed by atoms with Gasteiger partial charge in [-0.05, 0) is 43.7 Å². The SMILES string of the molecule is CCn1nc(C)c(OCc2ccccc2)c1-c1nccc(-c2nc(C(=O)NCc3ccc(OC)cc3OC)cc3c2cnn3C)n1. The zero-order valence-electron chi connectivity index (χ0n) is 26.3. The first kappa shape index (κ1) is 30.3. The van der Waals surface area contributed by atoms with Crippen molar-refractivity contribution in [1.29, 1.82) is 0 Å². The maximum Gasteiger partial charge on any atom is 0.270 e. The van der Waals surface area contributed by atoms with Crippen molar-refractivity contribution in [2.45, 2.75) is 33.5 Å². The van der Waals surface area contributed by atoms with E-state index in [1.807, 2.05) is 68.0 Å². The smallest absolute Gasteiger partial charge is 0.270 e. The highest BCUT2D eigenvalue weighted by atomic mass is 16.5. The molecule has 0 saturated heterocycles. The molecule has 0 atom stereocenters. The fraction of sp³-hybridized carbons (Fsp3) is 0.235. The Bertz CT molecular complexity index is 2020. The van der Waals surface area contributed by atoms with Gasteiger partial charge in [0.2, 0.25) is 0 Å². The predicted octanol–water partition coefficient (Wildman–Crippen LogP) is 5.14. The van der Waals surface area contributed by atoms with Crippen LogP contribution in [0.15, 0.2) is 73.1 Å². The minimum atomic E-state index is -0.354. The minimum Gasteiger partial charge on any atom is -0.497 e. The first-order chi connectivity index (χ1) is 22.4. The van der Waals surface area contributed by atoms with Crippen molar-refractivity contribution in [3.05, 3.63) is 95.6 Å². The molecule has 0 fully saturated rings. The molecule has 0 aliphatic rings. The number of nitrogens with one attached hydrogen (secondary N) is 1. The number of carbonyl (C=O) groups is 1. The van der Waals surface area contributed by atoms with Crippen LogP contribution in [0.25, 0.3) is 33.8 Å². The summed E-state index contributed by atoms with van der Waals surface area (Å²) in [4.78, 5) is 27.8. The summed E-state index contributed by atoms with van der Waals surface area (Å²) in [5.41, 5.74) is 5.24. The van der Waals surface area contributed by atoms with Gasteiger partial charge < -0.3 is 19.5 Å². The van der Waals surface area contributed by atoms with Crippen LogP contribution >= 0.6 is 0 Å². The number of nitrogens with zero attached hydrogens (tertiary/aromatic N) is 7. The molecule has 46 heavy (non-hydrogen) atoms. The van der Waals surface area contributed by atoms with E-state index in [2.05, 4.69) is 15.4 Å². The van der Waals surface area contributed by atoms with Crippen LogP contribution in [0.4, 0.5) is 0 Å². The highest BCUT2D eigenvalue weighted by Gasteiger charge is 2.23. The zero-order valence-corrected chi connectivity index (χ0v) is 26.3. The van der Waals surface area contributed by atoms with Gasteiger partial charge in [0.1, 0.15) is 40.9 Å². The number of pyridine rings is 1. The molecule has 4 aromatic heterocycles. The molecule has 0 unspecified atom stereocenters. The number of methoxy groups -OCH3 is 2. The van der Waals surface area contributed by atoms with Crippen LogP contribution in [0.3, 0.4) is 0 Å². The van der Waals surface area contributed by atoms with Crippen molar-refractivity contribution in [1.82, 2.24) is 39.8 Å². The topological polar surface area (TPSA) is 131 Å².